The number of hydrogen-bond acceptors (Lipinski definition) is 3. The van der Waals surface area contributed by atoms with Crippen LogP contribution in [0.15, 0.2) is 30.5 Å². The Morgan fingerprint density at radius 2 is 2.12 bits per heavy atom. The van der Waals surface area contributed by atoms with Crippen molar-refractivity contribution in [3.05, 3.63) is 41.7 Å². The van der Waals surface area contributed by atoms with Crippen LogP contribution in [0.3, 0.4) is 0 Å². The minimum atomic E-state index is -0.317. The second-order valence-electron chi connectivity index (χ2n) is 6.31. The normalized spacial score (nSPS) is 16.6. The molecule has 25 heavy (non-hydrogen) atoms. The fourth-order valence-corrected chi connectivity index (χ4v) is 2.92. The van der Waals surface area contributed by atoms with Gasteiger partial charge < -0.3 is 16.0 Å². The molecule has 0 radical (unpaired) electrons. The Labute approximate surface area is 146 Å². The van der Waals surface area contributed by atoms with E-state index in [4.69, 9.17) is 0 Å². The smallest absolute Gasteiger partial charge is 0.319 e. The van der Waals surface area contributed by atoms with Crippen molar-refractivity contribution in [2.75, 3.05) is 11.9 Å². The number of nitrogens with one attached hydrogen (secondary N) is 3. The highest BCUT2D eigenvalue weighted by Gasteiger charge is 2.23. The number of aryl methyl sites for hydroxylation is 1. The topological polar surface area (TPSA) is 88.1 Å². The zero-order chi connectivity index (χ0) is 17.8. The molecule has 0 saturated carbocycles. The van der Waals surface area contributed by atoms with Gasteiger partial charge in [0.15, 0.2) is 0 Å². The molecule has 0 spiro atoms. The van der Waals surface area contributed by atoms with Crippen molar-refractivity contribution in [2.24, 2.45) is 0 Å². The van der Waals surface area contributed by atoms with Crippen molar-refractivity contribution in [3.8, 4) is 5.69 Å². The highest BCUT2D eigenvalue weighted by atomic mass is 16.2. The van der Waals surface area contributed by atoms with Crippen LogP contribution in [0, 0.1) is 6.92 Å². The highest BCUT2D eigenvalue weighted by molar-refractivity contribution is 5.91. The predicted octanol–water partition coefficient (Wildman–Crippen LogP) is 2.14. The van der Waals surface area contributed by atoms with Crippen molar-refractivity contribution < 1.29 is 9.59 Å². The molecule has 2 heterocycles. The lowest BCUT2D eigenvalue weighted by Crippen LogP contribution is -2.39. The average molecular weight is 341 g/mol. The van der Waals surface area contributed by atoms with Crippen molar-refractivity contribution in [1.82, 2.24) is 20.4 Å². The van der Waals surface area contributed by atoms with E-state index in [9.17, 15) is 9.59 Å². The Morgan fingerprint density at radius 1 is 1.36 bits per heavy atom. The number of amides is 3. The number of benzene rings is 1. The van der Waals surface area contributed by atoms with E-state index in [1.807, 2.05) is 35.9 Å². The first kappa shape index (κ1) is 17.0. The van der Waals surface area contributed by atoms with Gasteiger partial charge in [0.2, 0.25) is 5.91 Å². The monoisotopic (exact) mass is 341 g/mol. The van der Waals surface area contributed by atoms with Gasteiger partial charge in [-0.05, 0) is 25.5 Å². The minimum absolute atomic E-state index is 0.0378. The second kappa shape index (κ2) is 7.38. The van der Waals surface area contributed by atoms with Gasteiger partial charge in [-0.1, -0.05) is 31.0 Å². The molecule has 3 rings (SSSR count). The summed E-state index contributed by atoms with van der Waals surface area (Å²) in [5.41, 5.74) is 3.80. The van der Waals surface area contributed by atoms with E-state index in [0.29, 0.717) is 18.7 Å². The number of carbonyl (C=O) groups excluding carboxylic acids is 2. The summed E-state index contributed by atoms with van der Waals surface area (Å²) < 4.78 is 1.86. The molecule has 132 valence electrons. The maximum Gasteiger partial charge on any atom is 0.319 e. The molecule has 2 aromatic rings. The second-order valence-corrected chi connectivity index (χ2v) is 6.31. The lowest BCUT2D eigenvalue weighted by Gasteiger charge is -2.13. The average Bonchev–Trinajstić information content (AvgIpc) is 3.16. The quantitative estimate of drug-likeness (QED) is 0.778. The third-order valence-corrected chi connectivity index (χ3v) is 4.20. The zero-order valence-electron chi connectivity index (χ0n) is 14.5. The van der Waals surface area contributed by atoms with Crippen LogP contribution >= 0.6 is 0 Å². The molecule has 3 N–H and O–H groups in total. The van der Waals surface area contributed by atoms with Gasteiger partial charge in [-0.25, -0.2) is 9.48 Å². The van der Waals surface area contributed by atoms with E-state index < -0.39 is 0 Å². The van der Waals surface area contributed by atoms with Crippen LogP contribution in [0.1, 0.15) is 31.0 Å². The van der Waals surface area contributed by atoms with Gasteiger partial charge in [-0.2, -0.15) is 5.10 Å². The minimum Gasteiger partial charge on any atom is -0.354 e. The number of rotatable bonds is 5. The number of nitrogens with zero attached hydrogens (tertiary/aromatic N) is 2. The Bertz CT molecular complexity index is 766. The summed E-state index contributed by atoms with van der Waals surface area (Å²) >= 11 is 0. The Hall–Kier alpha value is -2.83. The number of urea groups is 1. The van der Waals surface area contributed by atoms with Crippen molar-refractivity contribution >= 4 is 17.6 Å². The molecule has 1 aromatic heterocycles. The van der Waals surface area contributed by atoms with E-state index in [1.165, 1.54) is 5.56 Å². The molecule has 1 aliphatic heterocycles. The number of carbonyl (C=O) groups is 2. The van der Waals surface area contributed by atoms with Gasteiger partial charge >= 0.3 is 6.03 Å². The molecular formula is C18H23N5O2. The van der Waals surface area contributed by atoms with Crippen LogP contribution in [0.25, 0.3) is 5.69 Å². The highest BCUT2D eigenvalue weighted by Crippen LogP contribution is 2.21. The summed E-state index contributed by atoms with van der Waals surface area (Å²) in [4.78, 5) is 23.4. The van der Waals surface area contributed by atoms with Crippen LogP contribution in [0.2, 0.25) is 0 Å². The summed E-state index contributed by atoms with van der Waals surface area (Å²) in [6.07, 6.45) is 3.72. The summed E-state index contributed by atoms with van der Waals surface area (Å²) in [6, 6.07) is 7.62. The molecule has 7 nitrogen and oxygen atoms in total. The zero-order valence-corrected chi connectivity index (χ0v) is 14.5. The Morgan fingerprint density at radius 3 is 2.76 bits per heavy atom. The van der Waals surface area contributed by atoms with Crippen LogP contribution < -0.4 is 16.0 Å². The Balaban J connectivity index is 1.75. The fourth-order valence-electron chi connectivity index (χ4n) is 2.92. The summed E-state index contributed by atoms with van der Waals surface area (Å²) in [5, 5.41) is 12.8. The van der Waals surface area contributed by atoms with E-state index in [-0.39, 0.29) is 18.0 Å². The molecule has 7 heteroatoms. The van der Waals surface area contributed by atoms with Crippen LogP contribution in [-0.4, -0.2) is 34.3 Å². The van der Waals surface area contributed by atoms with Crippen LogP contribution in [0.5, 0.6) is 0 Å². The standard InChI is InChI=1S/C18H23N5O2/c1-3-4-16-15(22-18(25)21-13-9-17(24)19-10-13)11-20-23(16)14-7-5-12(2)6-8-14/h5-8,11,13H,3-4,9-10H2,1-2H3,(H,19,24)(H2,21,22,25)/t13-/m0/s1. The van der Waals surface area contributed by atoms with E-state index in [1.54, 1.807) is 6.20 Å². The van der Waals surface area contributed by atoms with Crippen molar-refractivity contribution in [1.29, 1.82) is 0 Å². The lowest BCUT2D eigenvalue weighted by atomic mass is 10.2. The molecule has 1 saturated heterocycles. The van der Waals surface area contributed by atoms with Gasteiger partial charge in [-0.15, -0.1) is 0 Å². The SMILES string of the molecule is CCCc1c(NC(=O)N[C@@H]2CNC(=O)C2)cnn1-c1ccc(C)cc1. The van der Waals surface area contributed by atoms with Gasteiger partial charge in [0.1, 0.15) is 0 Å². The lowest BCUT2D eigenvalue weighted by molar-refractivity contribution is -0.119. The van der Waals surface area contributed by atoms with Gasteiger partial charge in [0, 0.05) is 13.0 Å². The fraction of sp³-hybridized carbons (Fsp3) is 0.389. The first-order chi connectivity index (χ1) is 12.1. The third-order valence-electron chi connectivity index (χ3n) is 4.20. The van der Waals surface area contributed by atoms with Gasteiger partial charge in [0.25, 0.3) is 0 Å². The molecule has 1 fully saturated rings. The van der Waals surface area contributed by atoms with Gasteiger partial charge in [0.05, 0.1) is 29.3 Å². The molecular weight excluding hydrogens is 318 g/mol. The third kappa shape index (κ3) is 3.99. The largest absolute Gasteiger partial charge is 0.354 e. The molecule has 0 aliphatic carbocycles. The maximum absolute atomic E-state index is 12.2. The van der Waals surface area contributed by atoms with E-state index in [2.05, 4.69) is 28.0 Å². The van der Waals surface area contributed by atoms with Crippen molar-refractivity contribution in [3.63, 3.8) is 0 Å². The maximum atomic E-state index is 12.2. The Kier molecular flexibility index (Phi) is 5.02. The van der Waals surface area contributed by atoms with E-state index in [0.717, 1.165) is 24.2 Å². The van der Waals surface area contributed by atoms with Crippen LogP contribution in [0.4, 0.5) is 10.5 Å². The van der Waals surface area contributed by atoms with E-state index >= 15 is 0 Å². The molecule has 0 bridgehead atoms. The van der Waals surface area contributed by atoms with Crippen molar-refractivity contribution in [2.45, 2.75) is 39.2 Å². The molecule has 0 unspecified atom stereocenters. The first-order valence-corrected chi connectivity index (χ1v) is 8.55. The summed E-state index contributed by atoms with van der Waals surface area (Å²) in [5.74, 6) is -0.0378. The number of hydrogen-bond donors (Lipinski definition) is 3. The van der Waals surface area contributed by atoms with Gasteiger partial charge in [-0.3, -0.25) is 4.79 Å². The summed E-state index contributed by atoms with van der Waals surface area (Å²) in [7, 11) is 0. The molecule has 1 aliphatic rings. The molecule has 1 aromatic carbocycles. The number of aromatic nitrogens is 2. The first-order valence-electron chi connectivity index (χ1n) is 8.55. The summed E-state index contributed by atoms with van der Waals surface area (Å²) in [6.45, 7) is 4.60. The molecule has 3 amide bonds. The van der Waals surface area contributed by atoms with Crippen LogP contribution in [-0.2, 0) is 11.2 Å². The number of anilines is 1. The predicted molar refractivity (Wildman–Crippen MR) is 95.9 cm³/mol. The molecule has 1 atom stereocenters.